The monoisotopic (exact) mass is 214 g/mol. The van der Waals surface area contributed by atoms with Crippen molar-refractivity contribution in [1.82, 2.24) is 5.32 Å². The molecule has 4 heteroatoms. The molecule has 1 aliphatic rings. The summed E-state index contributed by atoms with van der Waals surface area (Å²) >= 11 is 5.84. The smallest absolute Gasteiger partial charge is 0.130 e. The molecule has 2 rings (SSSR count). The van der Waals surface area contributed by atoms with E-state index in [1.54, 1.807) is 6.07 Å². The second kappa shape index (κ2) is 3.75. The minimum absolute atomic E-state index is 0.0908. The van der Waals surface area contributed by atoms with Crippen LogP contribution in [0.3, 0.4) is 0 Å². The van der Waals surface area contributed by atoms with Crippen molar-refractivity contribution in [3.63, 3.8) is 0 Å². The van der Waals surface area contributed by atoms with Crippen molar-refractivity contribution in [2.75, 3.05) is 12.3 Å². The molecule has 2 nitrogen and oxygen atoms in total. The van der Waals surface area contributed by atoms with Crippen LogP contribution in [0.2, 0.25) is 5.02 Å². The number of anilines is 1. The van der Waals surface area contributed by atoms with Gasteiger partial charge in [-0.15, -0.1) is 0 Å². The molecule has 0 amide bonds. The molecular formula is C10H12ClFN2. The van der Waals surface area contributed by atoms with Crippen LogP contribution in [0.25, 0.3) is 0 Å². The van der Waals surface area contributed by atoms with Gasteiger partial charge in [0, 0.05) is 11.6 Å². The van der Waals surface area contributed by atoms with Gasteiger partial charge < -0.3 is 11.1 Å². The predicted octanol–water partition coefficient (Wildman–Crippen LogP) is 2.49. The van der Waals surface area contributed by atoms with Gasteiger partial charge in [0.1, 0.15) is 5.82 Å². The molecule has 1 saturated heterocycles. The van der Waals surface area contributed by atoms with E-state index in [1.165, 1.54) is 6.07 Å². The summed E-state index contributed by atoms with van der Waals surface area (Å²) < 4.78 is 13.5. The fourth-order valence-corrected chi connectivity index (χ4v) is 1.97. The maximum atomic E-state index is 13.5. The third-order valence-electron chi connectivity index (χ3n) is 2.55. The topological polar surface area (TPSA) is 38.0 Å². The molecule has 0 radical (unpaired) electrons. The minimum Gasteiger partial charge on any atom is -0.397 e. The zero-order valence-corrected chi connectivity index (χ0v) is 8.44. The first-order valence-corrected chi connectivity index (χ1v) is 5.04. The third-order valence-corrected chi connectivity index (χ3v) is 2.88. The summed E-state index contributed by atoms with van der Waals surface area (Å²) in [5.41, 5.74) is 6.42. The molecule has 1 fully saturated rings. The molecule has 0 aliphatic carbocycles. The van der Waals surface area contributed by atoms with E-state index in [1.807, 2.05) is 0 Å². The minimum atomic E-state index is -0.272. The van der Waals surface area contributed by atoms with E-state index >= 15 is 0 Å². The van der Waals surface area contributed by atoms with Gasteiger partial charge in [0.25, 0.3) is 0 Å². The Bertz CT molecular complexity index is 348. The van der Waals surface area contributed by atoms with E-state index in [0.29, 0.717) is 16.3 Å². The van der Waals surface area contributed by atoms with Gasteiger partial charge >= 0.3 is 0 Å². The van der Waals surface area contributed by atoms with Gasteiger partial charge in [-0.3, -0.25) is 0 Å². The molecule has 76 valence electrons. The van der Waals surface area contributed by atoms with Crippen molar-refractivity contribution in [2.45, 2.75) is 18.9 Å². The first-order valence-electron chi connectivity index (χ1n) is 4.66. The van der Waals surface area contributed by atoms with Crippen molar-refractivity contribution < 1.29 is 4.39 Å². The highest BCUT2D eigenvalue weighted by atomic mass is 35.5. The lowest BCUT2D eigenvalue weighted by Crippen LogP contribution is -2.14. The zero-order valence-electron chi connectivity index (χ0n) is 7.69. The molecule has 0 saturated carbocycles. The van der Waals surface area contributed by atoms with Crippen molar-refractivity contribution in [3.05, 3.63) is 28.5 Å². The quantitative estimate of drug-likeness (QED) is 0.705. The Hall–Kier alpha value is -0.800. The summed E-state index contributed by atoms with van der Waals surface area (Å²) in [6.45, 7) is 0.937. The molecule has 0 aromatic heterocycles. The van der Waals surface area contributed by atoms with Crippen molar-refractivity contribution in [2.24, 2.45) is 0 Å². The van der Waals surface area contributed by atoms with E-state index in [2.05, 4.69) is 5.32 Å². The summed E-state index contributed by atoms with van der Waals surface area (Å²) in [6.07, 6.45) is 2.03. The Kier molecular flexibility index (Phi) is 2.61. The number of rotatable bonds is 1. The molecule has 1 aromatic rings. The lowest BCUT2D eigenvalue weighted by atomic mass is 10.0. The van der Waals surface area contributed by atoms with E-state index in [0.717, 1.165) is 19.4 Å². The number of halogens is 2. The number of nitrogens with two attached hydrogens (primary N) is 1. The normalized spacial score (nSPS) is 21.4. The van der Waals surface area contributed by atoms with Gasteiger partial charge in [0.2, 0.25) is 0 Å². The summed E-state index contributed by atoms with van der Waals surface area (Å²) in [5, 5.41) is 3.65. The van der Waals surface area contributed by atoms with E-state index in [9.17, 15) is 4.39 Å². The number of nitrogens with one attached hydrogen (secondary N) is 1. The number of hydrogen-bond donors (Lipinski definition) is 2. The lowest BCUT2D eigenvalue weighted by molar-refractivity contribution is 0.559. The van der Waals surface area contributed by atoms with Crippen LogP contribution in [0.4, 0.5) is 10.1 Å². The fourth-order valence-electron chi connectivity index (χ4n) is 1.79. The highest BCUT2D eigenvalue weighted by molar-refractivity contribution is 6.33. The molecule has 14 heavy (non-hydrogen) atoms. The highest BCUT2D eigenvalue weighted by Gasteiger charge is 2.20. The van der Waals surface area contributed by atoms with E-state index in [-0.39, 0.29) is 11.9 Å². The van der Waals surface area contributed by atoms with Crippen molar-refractivity contribution in [3.8, 4) is 0 Å². The average molecular weight is 215 g/mol. The maximum Gasteiger partial charge on any atom is 0.130 e. The van der Waals surface area contributed by atoms with Crippen LogP contribution in [0, 0.1) is 5.82 Å². The van der Waals surface area contributed by atoms with Crippen LogP contribution in [0.15, 0.2) is 12.1 Å². The van der Waals surface area contributed by atoms with Crippen LogP contribution in [0.1, 0.15) is 24.4 Å². The van der Waals surface area contributed by atoms with Crippen LogP contribution in [-0.4, -0.2) is 6.54 Å². The highest BCUT2D eigenvalue weighted by Crippen LogP contribution is 2.30. The molecular weight excluding hydrogens is 203 g/mol. The second-order valence-electron chi connectivity index (χ2n) is 3.54. The lowest BCUT2D eigenvalue weighted by Gasteiger charge is -2.12. The summed E-state index contributed by atoms with van der Waals surface area (Å²) in [6, 6.07) is 3.00. The summed E-state index contributed by atoms with van der Waals surface area (Å²) in [4.78, 5) is 0. The zero-order chi connectivity index (χ0) is 10.1. The number of nitrogen functional groups attached to an aromatic ring is 1. The Morgan fingerprint density at radius 2 is 2.29 bits per heavy atom. The molecule has 0 bridgehead atoms. The predicted molar refractivity (Wildman–Crippen MR) is 55.8 cm³/mol. The fraction of sp³-hybridized carbons (Fsp3) is 0.400. The van der Waals surface area contributed by atoms with Crippen molar-refractivity contribution in [1.29, 1.82) is 0 Å². The van der Waals surface area contributed by atoms with Crippen LogP contribution < -0.4 is 11.1 Å². The number of hydrogen-bond acceptors (Lipinski definition) is 2. The molecule has 0 unspecified atom stereocenters. The number of benzene rings is 1. The van der Waals surface area contributed by atoms with Crippen LogP contribution in [0.5, 0.6) is 0 Å². The molecule has 3 N–H and O–H groups in total. The van der Waals surface area contributed by atoms with Crippen molar-refractivity contribution >= 4 is 17.3 Å². The Morgan fingerprint density at radius 1 is 1.50 bits per heavy atom. The third kappa shape index (κ3) is 1.70. The standard InChI is InChI=1S/C10H12ClFN2/c11-7-4-6(8(12)5-9(7)13)10-2-1-3-14-10/h4-5,10,14H,1-3,13H2/t10-/m0/s1. The van der Waals surface area contributed by atoms with Gasteiger partial charge in [-0.25, -0.2) is 4.39 Å². The van der Waals surface area contributed by atoms with Gasteiger partial charge in [0.05, 0.1) is 10.7 Å². The van der Waals surface area contributed by atoms with E-state index < -0.39 is 0 Å². The Labute approximate surface area is 87.2 Å². The molecule has 0 spiro atoms. The molecule has 1 atom stereocenters. The summed E-state index contributed by atoms with van der Waals surface area (Å²) in [5.74, 6) is -0.272. The van der Waals surface area contributed by atoms with Gasteiger partial charge in [-0.05, 0) is 31.5 Å². The van der Waals surface area contributed by atoms with Gasteiger partial charge in [0.15, 0.2) is 0 Å². The van der Waals surface area contributed by atoms with Gasteiger partial charge in [-0.2, -0.15) is 0 Å². The molecule has 1 aliphatic heterocycles. The Morgan fingerprint density at radius 3 is 2.93 bits per heavy atom. The van der Waals surface area contributed by atoms with Crippen LogP contribution in [-0.2, 0) is 0 Å². The SMILES string of the molecule is Nc1cc(F)c([C@@H]2CCCN2)cc1Cl. The second-order valence-corrected chi connectivity index (χ2v) is 3.95. The Balaban J connectivity index is 2.37. The molecule has 1 aromatic carbocycles. The van der Waals surface area contributed by atoms with E-state index in [4.69, 9.17) is 17.3 Å². The average Bonchev–Trinajstić information content (AvgIpc) is 2.64. The summed E-state index contributed by atoms with van der Waals surface area (Å²) in [7, 11) is 0. The maximum absolute atomic E-state index is 13.5. The largest absolute Gasteiger partial charge is 0.397 e. The molecule has 1 heterocycles. The first kappa shape index (κ1) is 9.74. The first-order chi connectivity index (χ1) is 6.68. The van der Waals surface area contributed by atoms with Crippen LogP contribution >= 0.6 is 11.6 Å². The van der Waals surface area contributed by atoms with Gasteiger partial charge in [-0.1, -0.05) is 11.6 Å².